The van der Waals surface area contributed by atoms with Gasteiger partial charge in [0.25, 0.3) is 0 Å². The van der Waals surface area contributed by atoms with Crippen LogP contribution in [0, 0.1) is 18.3 Å². The van der Waals surface area contributed by atoms with Crippen LogP contribution in [0.1, 0.15) is 53.4 Å². The number of hydrogen-bond donors (Lipinski definition) is 3. The van der Waals surface area contributed by atoms with Crippen molar-refractivity contribution in [2.75, 3.05) is 59.8 Å². The smallest absolute Gasteiger partial charge is 0.389 e. The van der Waals surface area contributed by atoms with Crippen LogP contribution >= 0.6 is 0 Å². The zero-order valence-corrected chi connectivity index (χ0v) is 23.4. The Morgan fingerprint density at radius 3 is 1.93 bits per heavy atom. The molecule has 3 N–H and O–H groups in total. The molecule has 0 aliphatic carbocycles. The second-order valence-corrected chi connectivity index (χ2v) is 5.88. The van der Waals surface area contributed by atoms with Crippen LogP contribution in [0.3, 0.4) is 0 Å². The normalized spacial score (nSPS) is 11.3. The van der Waals surface area contributed by atoms with Crippen molar-refractivity contribution >= 4 is 6.72 Å². The van der Waals surface area contributed by atoms with E-state index in [2.05, 4.69) is 44.3 Å². The summed E-state index contributed by atoms with van der Waals surface area (Å²) in [6.45, 7) is 20.6. The fourth-order valence-electron chi connectivity index (χ4n) is 2.10. The number of ether oxygens (including phenoxy) is 3. The van der Waals surface area contributed by atoms with Crippen LogP contribution in [0.2, 0.25) is 0 Å². The molecule has 0 aromatic carbocycles. The third kappa shape index (κ3) is 31.0. The number of likely N-dealkylation sites (N-methyl/N-ethyl adjacent to an activating group) is 1. The largest absolute Gasteiger partial charge is 1.00 e. The molecule has 6 nitrogen and oxygen atoms in total. The van der Waals surface area contributed by atoms with E-state index in [1.165, 1.54) is 12.0 Å². The van der Waals surface area contributed by atoms with Gasteiger partial charge in [0.2, 0.25) is 0 Å². The predicted octanol–water partition coefficient (Wildman–Crippen LogP) is 1.08. The van der Waals surface area contributed by atoms with Gasteiger partial charge in [-0.15, -0.1) is 0 Å². The summed E-state index contributed by atoms with van der Waals surface area (Å²) in [5.74, 6) is 0.633. The van der Waals surface area contributed by atoms with Gasteiger partial charge in [0.05, 0.1) is 39.6 Å². The summed E-state index contributed by atoms with van der Waals surface area (Å²) >= 11 is 0. The topological polar surface area (TPSA) is 75.6 Å². The molecule has 0 aliphatic heterocycles. The summed E-state index contributed by atoms with van der Waals surface area (Å²) in [7, 11) is 1.91. The van der Waals surface area contributed by atoms with Gasteiger partial charge in [-0.25, -0.2) is 0 Å². The van der Waals surface area contributed by atoms with Gasteiger partial charge in [-0.3, -0.25) is 0 Å². The summed E-state index contributed by atoms with van der Waals surface area (Å²) < 4.78 is 16.4. The van der Waals surface area contributed by atoms with Gasteiger partial charge in [0.1, 0.15) is 0 Å². The molecular formula is C22H48KN3O3. The molecule has 29 heavy (non-hydrogen) atoms. The van der Waals surface area contributed by atoms with E-state index in [-0.39, 0.29) is 51.4 Å². The number of rotatable bonds is 18. The Morgan fingerprint density at radius 2 is 1.48 bits per heavy atom. The molecule has 0 spiro atoms. The number of nitrogens with one attached hydrogen (secondary N) is 3. The average Bonchev–Trinajstić information content (AvgIpc) is 2.75. The SMILES string of the molecule is C=N.CC.[CH2-]CCC/C(=C/NCCOCCOCCOCCNC)C(C)CC.[K+]. The van der Waals surface area contributed by atoms with Crippen molar-refractivity contribution in [1.29, 1.82) is 5.41 Å². The van der Waals surface area contributed by atoms with E-state index < -0.39 is 0 Å². The van der Waals surface area contributed by atoms with Gasteiger partial charge in [-0.1, -0.05) is 39.7 Å². The molecule has 0 saturated carbocycles. The molecule has 1 unspecified atom stereocenters. The second kappa shape index (κ2) is 36.1. The zero-order chi connectivity index (χ0) is 21.9. The fraction of sp³-hybridized carbons (Fsp3) is 0.818. The van der Waals surface area contributed by atoms with Crippen LogP contribution in [-0.2, 0) is 14.2 Å². The van der Waals surface area contributed by atoms with E-state index in [1.54, 1.807) is 0 Å². The molecule has 170 valence electrons. The third-order valence-corrected chi connectivity index (χ3v) is 3.88. The quantitative estimate of drug-likeness (QED) is 0.128. The second-order valence-electron chi connectivity index (χ2n) is 5.88. The van der Waals surface area contributed by atoms with Crippen LogP contribution in [-0.4, -0.2) is 66.5 Å². The molecule has 0 bridgehead atoms. The molecular weight excluding hydrogens is 393 g/mol. The van der Waals surface area contributed by atoms with Crippen molar-refractivity contribution in [2.45, 2.75) is 53.4 Å². The summed E-state index contributed by atoms with van der Waals surface area (Å²) in [6.07, 6.45) is 6.64. The van der Waals surface area contributed by atoms with Gasteiger partial charge < -0.3 is 37.2 Å². The van der Waals surface area contributed by atoms with Crippen molar-refractivity contribution in [3.63, 3.8) is 0 Å². The van der Waals surface area contributed by atoms with Crippen molar-refractivity contribution in [3.05, 3.63) is 18.7 Å². The summed E-state index contributed by atoms with van der Waals surface area (Å²) in [5, 5.41) is 11.9. The molecule has 0 saturated heterocycles. The molecule has 0 heterocycles. The molecule has 0 radical (unpaired) electrons. The van der Waals surface area contributed by atoms with E-state index >= 15 is 0 Å². The van der Waals surface area contributed by atoms with E-state index in [9.17, 15) is 0 Å². The summed E-state index contributed by atoms with van der Waals surface area (Å²) in [5.41, 5.74) is 1.49. The van der Waals surface area contributed by atoms with Gasteiger partial charge in [-0.2, -0.15) is 6.42 Å². The first kappa shape index (κ1) is 37.0. The molecule has 0 fully saturated rings. The van der Waals surface area contributed by atoms with E-state index in [0.717, 1.165) is 39.0 Å². The monoisotopic (exact) mass is 441 g/mol. The summed E-state index contributed by atoms with van der Waals surface area (Å²) in [4.78, 5) is 0. The van der Waals surface area contributed by atoms with Crippen LogP contribution in [0.4, 0.5) is 0 Å². The fourth-order valence-corrected chi connectivity index (χ4v) is 2.10. The number of unbranched alkanes of at least 4 members (excludes halogenated alkanes) is 1. The minimum absolute atomic E-state index is 0. The minimum Gasteiger partial charge on any atom is -0.389 e. The van der Waals surface area contributed by atoms with Crippen LogP contribution < -0.4 is 62.0 Å². The molecule has 7 heteroatoms. The maximum absolute atomic E-state index is 5.55. The molecule has 0 aliphatic rings. The van der Waals surface area contributed by atoms with E-state index in [4.69, 9.17) is 19.6 Å². The Labute approximate surface area is 224 Å². The predicted molar refractivity (Wildman–Crippen MR) is 122 cm³/mol. The minimum atomic E-state index is 0. The van der Waals surface area contributed by atoms with Crippen molar-refractivity contribution in [3.8, 4) is 0 Å². The van der Waals surface area contributed by atoms with Crippen molar-refractivity contribution < 1.29 is 65.6 Å². The standard InChI is InChI=1S/C19H39N2O3.C2H6.CH3N.K/c1-5-7-8-19(18(3)6-2)17-21-10-12-23-14-16-24-15-13-22-11-9-20-4;2*1-2;/h17-18,20-21H,1,5-16H2,2-4H3;1-2H3;2H,1H2;/q-1;;;+1/b19-17-;;;. The average molecular weight is 442 g/mol. The van der Waals surface area contributed by atoms with Crippen LogP contribution in [0.15, 0.2) is 11.8 Å². The summed E-state index contributed by atoms with van der Waals surface area (Å²) in [6, 6.07) is 0. The van der Waals surface area contributed by atoms with Gasteiger partial charge in [-0.05, 0) is 38.7 Å². The van der Waals surface area contributed by atoms with Gasteiger partial charge >= 0.3 is 51.4 Å². The maximum Gasteiger partial charge on any atom is 1.00 e. The Balaban J connectivity index is -0.000000584. The zero-order valence-electron chi connectivity index (χ0n) is 20.3. The van der Waals surface area contributed by atoms with Gasteiger partial charge in [0, 0.05) is 13.1 Å². The first-order valence-corrected chi connectivity index (χ1v) is 10.7. The Bertz CT molecular complexity index is 309. The number of hydrogen-bond acceptors (Lipinski definition) is 6. The van der Waals surface area contributed by atoms with Crippen LogP contribution in [0.5, 0.6) is 0 Å². The van der Waals surface area contributed by atoms with Crippen molar-refractivity contribution in [1.82, 2.24) is 10.6 Å². The van der Waals surface area contributed by atoms with E-state index in [1.807, 2.05) is 20.9 Å². The Kier molecular flexibility index (Phi) is 46.1. The van der Waals surface area contributed by atoms with Gasteiger partial charge in [0.15, 0.2) is 0 Å². The van der Waals surface area contributed by atoms with Crippen LogP contribution in [0.25, 0.3) is 0 Å². The molecule has 0 rings (SSSR count). The van der Waals surface area contributed by atoms with E-state index in [0.29, 0.717) is 39.0 Å². The first-order valence-electron chi connectivity index (χ1n) is 10.7. The molecule has 0 amide bonds. The molecule has 0 aromatic heterocycles. The number of allylic oxidation sites excluding steroid dienone is 1. The van der Waals surface area contributed by atoms with Crippen molar-refractivity contribution in [2.24, 2.45) is 5.92 Å². The molecule has 0 aromatic rings. The first-order chi connectivity index (χ1) is 13.8. The molecule has 1 atom stereocenters. The Morgan fingerprint density at radius 1 is 1.00 bits per heavy atom. The Hall–Kier alpha value is 0.686. The third-order valence-electron chi connectivity index (χ3n) is 3.88. The maximum atomic E-state index is 5.55.